The molecule has 0 fully saturated rings. The van der Waals surface area contributed by atoms with Gasteiger partial charge in [0.2, 0.25) is 0 Å². The maximum absolute atomic E-state index is 3.88. The van der Waals surface area contributed by atoms with E-state index < -0.39 is 0 Å². The third-order valence-corrected chi connectivity index (χ3v) is 0. The molecule has 0 spiro atoms. The number of rotatable bonds is 0. The predicted octanol–water partition coefficient (Wildman–Crippen LogP) is 1.62. The van der Waals surface area contributed by atoms with Crippen molar-refractivity contribution in [3.63, 3.8) is 0 Å². The summed E-state index contributed by atoms with van der Waals surface area (Å²) in [6.07, 6.45) is 0. The summed E-state index contributed by atoms with van der Waals surface area (Å²) in [5, 5.41) is 0. The molecule has 4 heavy (non-hydrogen) atoms. The summed E-state index contributed by atoms with van der Waals surface area (Å²) >= 11 is 5.12. The molecule has 0 saturated carbocycles. The Kier molecular flexibility index (Phi) is 20.5. The van der Waals surface area contributed by atoms with Gasteiger partial charge >= 0.3 is 0 Å². The van der Waals surface area contributed by atoms with Gasteiger partial charge in [0.15, 0.2) is 0 Å². The topological polar surface area (TPSA) is 9.23 Å². The fraction of sp³-hybridized carbons (Fsp3) is 0. The molecule has 0 saturated heterocycles. The van der Waals surface area contributed by atoms with Crippen LogP contribution in [0, 0.1) is 0 Å². The Bertz CT molecular complexity index is 6.00. The van der Waals surface area contributed by atoms with Crippen molar-refractivity contribution in [3.05, 3.63) is 0 Å². The minimum Gasteiger partial charge on any atom is -0.230 e. The van der Waals surface area contributed by atoms with E-state index in [1.54, 1.807) is 0 Å². The van der Waals surface area contributed by atoms with Crippen LogP contribution in [0.5, 0.6) is 0 Å². The summed E-state index contributed by atoms with van der Waals surface area (Å²) in [5.74, 6) is 0. The van der Waals surface area contributed by atoms with Gasteiger partial charge in [-0.25, -0.2) is 2.92 Å². The maximum Gasteiger partial charge on any atom is 0.115 e. The van der Waals surface area contributed by atoms with Crippen molar-refractivity contribution in [2.75, 3.05) is 0 Å². The Morgan fingerprint density at radius 3 is 1.25 bits per heavy atom. The van der Waals surface area contributed by atoms with Gasteiger partial charge in [0.25, 0.3) is 0 Å². The van der Waals surface area contributed by atoms with Crippen LogP contribution < -0.4 is 0 Å². The van der Waals surface area contributed by atoms with Crippen LogP contribution in [0.1, 0.15) is 0 Å². The van der Waals surface area contributed by atoms with Gasteiger partial charge in [-0.15, -0.1) is 0 Å². The van der Waals surface area contributed by atoms with E-state index in [4.69, 9.17) is 0 Å². The third-order valence-electron chi connectivity index (χ3n) is 0. The molecule has 0 aliphatic rings. The van der Waals surface area contributed by atoms with Crippen LogP contribution in [-0.4, -0.2) is 0 Å². The van der Waals surface area contributed by atoms with E-state index in [0.29, 0.717) is 0 Å². The van der Waals surface area contributed by atoms with E-state index in [1.807, 2.05) is 0 Å². The summed E-state index contributed by atoms with van der Waals surface area (Å²) in [6, 6.07) is 0. The van der Waals surface area contributed by atoms with Crippen LogP contribution in [0.25, 0.3) is 0 Å². The first-order chi connectivity index (χ1) is 1.41. The molecule has 0 N–H and O–H groups in total. The normalized spacial score (nSPS) is 4.50. The molecule has 0 atom stereocenters. The number of hydrogen-bond donors (Lipinski definition) is 0. The zero-order valence-corrected chi connectivity index (χ0v) is 7.29. The summed E-state index contributed by atoms with van der Waals surface area (Å²) < 4.78 is 3.88. The summed E-state index contributed by atoms with van der Waals surface area (Å²) in [6.45, 7) is 0. The van der Waals surface area contributed by atoms with Crippen LogP contribution in [0.3, 0.4) is 0 Å². The smallest absolute Gasteiger partial charge is 0.115 e. The Balaban J connectivity index is 0. The molecule has 4 heteroatoms. The standard InChI is InChI=1S/Br2O.Zr/c1-3-2;. The van der Waals surface area contributed by atoms with Gasteiger partial charge in [-0.05, 0) is 0 Å². The molecule has 0 aromatic carbocycles. The fourth-order valence-corrected chi connectivity index (χ4v) is 0. The minimum absolute atomic E-state index is 0. The number of hydrogen-bond acceptors (Lipinski definition) is 1. The zero-order valence-electron chi connectivity index (χ0n) is 1.66. The van der Waals surface area contributed by atoms with Crippen molar-refractivity contribution >= 4 is 32.5 Å². The predicted molar refractivity (Wildman–Crippen MR) is 18.9 cm³/mol. The second kappa shape index (κ2) is 8.84. The molecule has 0 aliphatic carbocycles. The first-order valence-electron chi connectivity index (χ1n) is 0.309. The Morgan fingerprint density at radius 1 is 1.25 bits per heavy atom. The largest absolute Gasteiger partial charge is 0.230 e. The van der Waals surface area contributed by atoms with Gasteiger partial charge in [-0.1, -0.05) is 0 Å². The molecule has 0 heterocycles. The van der Waals surface area contributed by atoms with Crippen LogP contribution >= 0.6 is 32.5 Å². The Labute approximate surface area is 61.1 Å². The molecule has 0 bridgehead atoms. The monoisotopic (exact) mass is 264 g/mol. The fourth-order valence-electron chi connectivity index (χ4n) is 0. The van der Waals surface area contributed by atoms with Gasteiger partial charge in [0.1, 0.15) is 32.5 Å². The number of halogens is 2. The Morgan fingerprint density at radius 2 is 1.25 bits per heavy atom. The average Bonchev–Trinajstić information content (AvgIpc) is 0.918. The van der Waals surface area contributed by atoms with Gasteiger partial charge in [0, 0.05) is 26.2 Å². The van der Waals surface area contributed by atoms with Crippen molar-refractivity contribution in [3.8, 4) is 0 Å². The SMILES string of the molecule is BrOBr.[Zr]. The molecule has 0 radical (unpaired) electrons. The maximum atomic E-state index is 3.88. The summed E-state index contributed by atoms with van der Waals surface area (Å²) in [7, 11) is 0. The van der Waals surface area contributed by atoms with Crippen LogP contribution in [0.4, 0.5) is 0 Å². The molecule has 0 aromatic rings. The molecule has 0 unspecified atom stereocenters. The van der Waals surface area contributed by atoms with Crippen LogP contribution in [0.15, 0.2) is 0 Å². The third kappa shape index (κ3) is 9.19. The molecule has 0 rings (SSSR count). The average molecular weight is 267 g/mol. The Hall–Kier alpha value is 1.80. The van der Waals surface area contributed by atoms with Gasteiger partial charge < -0.3 is 0 Å². The summed E-state index contributed by atoms with van der Waals surface area (Å²) in [4.78, 5) is 0. The molecule has 0 aromatic heterocycles. The zero-order chi connectivity index (χ0) is 2.71. The van der Waals surface area contributed by atoms with Crippen molar-refractivity contribution < 1.29 is 29.1 Å². The molecule has 1 nitrogen and oxygen atoms in total. The van der Waals surface area contributed by atoms with Gasteiger partial charge in [0.05, 0.1) is 0 Å². The van der Waals surface area contributed by atoms with E-state index >= 15 is 0 Å². The quantitative estimate of drug-likeness (QED) is 0.648. The van der Waals surface area contributed by atoms with Crippen molar-refractivity contribution in [2.24, 2.45) is 0 Å². The van der Waals surface area contributed by atoms with Gasteiger partial charge in [-0.3, -0.25) is 0 Å². The van der Waals surface area contributed by atoms with E-state index in [0.717, 1.165) is 0 Å². The van der Waals surface area contributed by atoms with Crippen LogP contribution in [0.2, 0.25) is 0 Å². The minimum atomic E-state index is 0. The van der Waals surface area contributed by atoms with Crippen LogP contribution in [-0.2, 0) is 29.1 Å². The summed E-state index contributed by atoms with van der Waals surface area (Å²) in [5.41, 5.74) is 0. The van der Waals surface area contributed by atoms with Crippen molar-refractivity contribution in [2.45, 2.75) is 0 Å². The van der Waals surface area contributed by atoms with Gasteiger partial charge in [-0.2, -0.15) is 0 Å². The molecular formula is Br2OZr. The first-order valence-corrected chi connectivity index (χ1v) is 1.60. The van der Waals surface area contributed by atoms with Crippen molar-refractivity contribution in [1.29, 1.82) is 0 Å². The van der Waals surface area contributed by atoms with E-state index in [9.17, 15) is 0 Å². The first kappa shape index (κ1) is 9.26. The molecule has 0 aliphatic heterocycles. The van der Waals surface area contributed by atoms with E-state index in [1.165, 1.54) is 0 Å². The second-order valence-electron chi connectivity index (χ2n) is 0.0583. The van der Waals surface area contributed by atoms with E-state index in [2.05, 4.69) is 35.4 Å². The molecule has 0 amide bonds. The molecular weight excluding hydrogens is 267 g/mol. The molecule has 24 valence electrons. The van der Waals surface area contributed by atoms with Crippen molar-refractivity contribution in [1.82, 2.24) is 0 Å². The van der Waals surface area contributed by atoms with E-state index in [-0.39, 0.29) is 26.2 Å². The second-order valence-corrected chi connectivity index (χ2v) is 1.57.